The van der Waals surface area contributed by atoms with Gasteiger partial charge in [-0.2, -0.15) is 0 Å². The molecule has 1 saturated heterocycles. The maximum absolute atomic E-state index is 12.6. The molecule has 1 aromatic carbocycles. The van der Waals surface area contributed by atoms with Gasteiger partial charge in [0, 0.05) is 24.5 Å². The predicted octanol–water partition coefficient (Wildman–Crippen LogP) is 0.664. The second-order valence-corrected chi connectivity index (χ2v) is 7.34. The number of hydrogen-bond acceptors (Lipinski definition) is 8. The van der Waals surface area contributed by atoms with Crippen molar-refractivity contribution in [3.8, 4) is 11.5 Å². The van der Waals surface area contributed by atoms with Crippen LogP contribution in [0, 0.1) is 0 Å². The Hall–Kier alpha value is -3.24. The van der Waals surface area contributed by atoms with Gasteiger partial charge in [-0.25, -0.2) is 4.98 Å². The first kappa shape index (κ1) is 21.0. The maximum Gasteiger partial charge on any atom is 0.271 e. The Kier molecular flexibility index (Phi) is 6.58. The van der Waals surface area contributed by atoms with Gasteiger partial charge >= 0.3 is 0 Å². The van der Waals surface area contributed by atoms with Crippen molar-refractivity contribution in [3.63, 3.8) is 0 Å². The van der Waals surface area contributed by atoms with E-state index < -0.39 is 6.10 Å². The zero-order chi connectivity index (χ0) is 21.6. The SMILES string of the molecule is O=C(N[C@H]1CC[C@H](CCNC(=O)c2cnccn2)O[C@H]1CO)c1ccc2c(c1)OCO2. The van der Waals surface area contributed by atoms with Crippen molar-refractivity contribution in [2.45, 2.75) is 37.5 Å². The van der Waals surface area contributed by atoms with Crippen molar-refractivity contribution >= 4 is 11.8 Å². The highest BCUT2D eigenvalue weighted by molar-refractivity contribution is 5.95. The largest absolute Gasteiger partial charge is 0.454 e. The van der Waals surface area contributed by atoms with Crippen LogP contribution in [-0.4, -0.2) is 65.1 Å². The number of ether oxygens (including phenoxy) is 3. The third kappa shape index (κ3) is 5.09. The van der Waals surface area contributed by atoms with Crippen molar-refractivity contribution in [2.24, 2.45) is 0 Å². The van der Waals surface area contributed by atoms with Gasteiger partial charge < -0.3 is 30.0 Å². The van der Waals surface area contributed by atoms with Crippen LogP contribution in [0.15, 0.2) is 36.8 Å². The van der Waals surface area contributed by atoms with Crippen molar-refractivity contribution in [1.82, 2.24) is 20.6 Å². The molecule has 4 rings (SSSR count). The Morgan fingerprint density at radius 2 is 2.00 bits per heavy atom. The second-order valence-electron chi connectivity index (χ2n) is 7.34. The van der Waals surface area contributed by atoms with Crippen LogP contribution in [-0.2, 0) is 4.74 Å². The smallest absolute Gasteiger partial charge is 0.271 e. The minimum Gasteiger partial charge on any atom is -0.454 e. The second kappa shape index (κ2) is 9.71. The zero-order valence-corrected chi connectivity index (χ0v) is 16.8. The van der Waals surface area contributed by atoms with E-state index >= 15 is 0 Å². The van der Waals surface area contributed by atoms with Crippen molar-refractivity contribution in [3.05, 3.63) is 48.0 Å². The molecule has 3 N–H and O–H groups in total. The summed E-state index contributed by atoms with van der Waals surface area (Å²) in [6.07, 6.45) is 5.67. The molecule has 0 radical (unpaired) electrons. The lowest BCUT2D eigenvalue weighted by molar-refractivity contribution is -0.0893. The number of aromatic nitrogens is 2. The van der Waals surface area contributed by atoms with Crippen LogP contribution in [0.3, 0.4) is 0 Å². The lowest BCUT2D eigenvalue weighted by Crippen LogP contribution is -2.51. The number of nitrogens with zero attached hydrogens (tertiary/aromatic N) is 2. The number of carbonyl (C=O) groups excluding carboxylic acids is 2. The minimum atomic E-state index is -0.521. The summed E-state index contributed by atoms with van der Waals surface area (Å²) in [5.74, 6) is 0.589. The first-order valence-electron chi connectivity index (χ1n) is 10.1. The van der Waals surface area contributed by atoms with Gasteiger partial charge in [0.15, 0.2) is 11.5 Å². The van der Waals surface area contributed by atoms with E-state index in [4.69, 9.17) is 14.2 Å². The van der Waals surface area contributed by atoms with Gasteiger partial charge in [-0.15, -0.1) is 0 Å². The number of hydrogen-bond donors (Lipinski definition) is 3. The lowest BCUT2D eigenvalue weighted by Gasteiger charge is -2.36. The molecule has 31 heavy (non-hydrogen) atoms. The Labute approximate surface area is 178 Å². The molecule has 2 aliphatic heterocycles. The van der Waals surface area contributed by atoms with E-state index in [1.54, 1.807) is 18.2 Å². The van der Waals surface area contributed by atoms with Crippen LogP contribution in [0.4, 0.5) is 0 Å². The summed E-state index contributed by atoms with van der Waals surface area (Å²) >= 11 is 0. The van der Waals surface area contributed by atoms with E-state index in [0.29, 0.717) is 42.9 Å². The highest BCUT2D eigenvalue weighted by atomic mass is 16.7. The summed E-state index contributed by atoms with van der Waals surface area (Å²) in [7, 11) is 0. The van der Waals surface area contributed by atoms with Gasteiger partial charge in [-0.1, -0.05) is 0 Å². The van der Waals surface area contributed by atoms with E-state index in [0.717, 1.165) is 0 Å². The van der Waals surface area contributed by atoms with E-state index in [9.17, 15) is 14.7 Å². The van der Waals surface area contributed by atoms with Gasteiger partial charge in [0.1, 0.15) is 11.8 Å². The van der Waals surface area contributed by atoms with Gasteiger partial charge in [0.25, 0.3) is 11.8 Å². The molecule has 2 aromatic rings. The van der Waals surface area contributed by atoms with E-state index in [2.05, 4.69) is 20.6 Å². The normalized spacial score (nSPS) is 22.0. The standard InChI is InChI=1S/C21H24N4O6/c26-11-19-15(25-20(27)13-1-4-17-18(9-13)30-12-29-17)3-2-14(31-19)5-6-24-21(28)16-10-22-7-8-23-16/h1,4,7-10,14-15,19,26H,2-3,5-6,11-12H2,(H,24,28)(H,25,27)/t14-,15+,19+/m1/s1. The number of benzene rings is 1. The van der Waals surface area contributed by atoms with Crippen LogP contribution < -0.4 is 20.1 Å². The molecule has 0 spiro atoms. The topological polar surface area (TPSA) is 132 Å². The molecule has 10 heteroatoms. The molecule has 0 unspecified atom stereocenters. The Balaban J connectivity index is 1.25. The average Bonchev–Trinajstić information content (AvgIpc) is 3.28. The summed E-state index contributed by atoms with van der Waals surface area (Å²) in [6.45, 7) is 0.338. The molecule has 164 valence electrons. The molecular formula is C21H24N4O6. The maximum atomic E-state index is 12.6. The summed E-state index contributed by atoms with van der Waals surface area (Å²) in [6, 6.07) is 4.69. The fourth-order valence-corrected chi connectivity index (χ4v) is 3.65. The molecule has 10 nitrogen and oxygen atoms in total. The fourth-order valence-electron chi connectivity index (χ4n) is 3.65. The molecule has 1 aromatic heterocycles. The molecule has 2 aliphatic rings. The van der Waals surface area contributed by atoms with Crippen molar-refractivity contribution < 1.29 is 28.9 Å². The zero-order valence-electron chi connectivity index (χ0n) is 16.8. The predicted molar refractivity (Wildman–Crippen MR) is 108 cm³/mol. The molecule has 1 fully saturated rings. The molecule has 0 saturated carbocycles. The van der Waals surface area contributed by atoms with Crippen LogP contribution in [0.1, 0.15) is 40.1 Å². The van der Waals surface area contributed by atoms with E-state index in [-0.39, 0.29) is 43.1 Å². The van der Waals surface area contributed by atoms with Crippen LogP contribution in [0.2, 0.25) is 0 Å². The Morgan fingerprint density at radius 3 is 2.81 bits per heavy atom. The Bertz CT molecular complexity index is 925. The molecule has 2 amide bonds. The number of nitrogens with one attached hydrogen (secondary N) is 2. The summed E-state index contributed by atoms with van der Waals surface area (Å²) in [5, 5.41) is 15.5. The monoisotopic (exact) mass is 428 g/mol. The van der Waals surface area contributed by atoms with Crippen LogP contribution in [0.5, 0.6) is 11.5 Å². The molecule has 3 atom stereocenters. The van der Waals surface area contributed by atoms with Crippen molar-refractivity contribution in [1.29, 1.82) is 0 Å². The molecule has 0 aliphatic carbocycles. The summed E-state index contributed by atoms with van der Waals surface area (Å²) in [5.41, 5.74) is 0.710. The fraction of sp³-hybridized carbons (Fsp3) is 0.429. The third-order valence-electron chi connectivity index (χ3n) is 5.29. The molecule has 0 bridgehead atoms. The highest BCUT2D eigenvalue weighted by Crippen LogP contribution is 2.32. The summed E-state index contributed by atoms with van der Waals surface area (Å²) < 4.78 is 16.5. The van der Waals surface area contributed by atoms with E-state index in [1.165, 1.54) is 18.6 Å². The highest BCUT2D eigenvalue weighted by Gasteiger charge is 2.32. The number of aliphatic hydroxyl groups is 1. The van der Waals surface area contributed by atoms with Crippen LogP contribution in [0.25, 0.3) is 0 Å². The molecule has 3 heterocycles. The minimum absolute atomic E-state index is 0.127. The first-order chi connectivity index (χ1) is 15.1. The van der Waals surface area contributed by atoms with Gasteiger partial charge in [0.2, 0.25) is 6.79 Å². The van der Waals surface area contributed by atoms with Gasteiger partial charge in [-0.05, 0) is 37.5 Å². The van der Waals surface area contributed by atoms with Gasteiger partial charge in [0.05, 0.1) is 24.9 Å². The number of fused-ring (bicyclic) bond motifs is 1. The number of aliphatic hydroxyl groups excluding tert-OH is 1. The number of amides is 2. The lowest BCUT2D eigenvalue weighted by atomic mass is 9.96. The third-order valence-corrected chi connectivity index (χ3v) is 5.29. The summed E-state index contributed by atoms with van der Waals surface area (Å²) in [4.78, 5) is 32.5. The first-order valence-corrected chi connectivity index (χ1v) is 10.1. The molecular weight excluding hydrogens is 404 g/mol. The number of carbonyl (C=O) groups is 2. The average molecular weight is 428 g/mol. The van der Waals surface area contributed by atoms with Crippen LogP contribution >= 0.6 is 0 Å². The quantitative estimate of drug-likeness (QED) is 0.586. The van der Waals surface area contributed by atoms with Gasteiger partial charge in [-0.3, -0.25) is 14.6 Å². The Morgan fingerprint density at radius 1 is 1.13 bits per heavy atom. The van der Waals surface area contributed by atoms with Crippen molar-refractivity contribution in [2.75, 3.05) is 19.9 Å². The van der Waals surface area contributed by atoms with E-state index in [1.807, 2.05) is 0 Å². The number of rotatable bonds is 7.